The molecule has 20 heavy (non-hydrogen) atoms. The molecule has 1 fully saturated rings. The summed E-state index contributed by atoms with van der Waals surface area (Å²) in [6, 6.07) is 9.42. The second kappa shape index (κ2) is 6.62. The summed E-state index contributed by atoms with van der Waals surface area (Å²) in [4.78, 5) is 2.60. The lowest BCUT2D eigenvalue weighted by atomic mass is 9.82. The van der Waals surface area contributed by atoms with Gasteiger partial charge in [-0.2, -0.15) is 0 Å². The Hall–Kier alpha value is -1.02. The Morgan fingerprint density at radius 2 is 1.90 bits per heavy atom. The van der Waals surface area contributed by atoms with E-state index in [1.54, 1.807) is 0 Å². The van der Waals surface area contributed by atoms with Gasteiger partial charge in [0.25, 0.3) is 0 Å². The SMILES string of the molecule is CCC1(CC)CCN(c2ccccc2CNC(C)C)C1. The predicted molar refractivity (Wildman–Crippen MR) is 88.3 cm³/mol. The number of anilines is 1. The fourth-order valence-corrected chi connectivity index (χ4v) is 3.25. The maximum Gasteiger partial charge on any atom is 0.0412 e. The van der Waals surface area contributed by atoms with Crippen LogP contribution in [0.25, 0.3) is 0 Å². The Labute approximate surface area is 124 Å². The van der Waals surface area contributed by atoms with Crippen LogP contribution in [0.4, 0.5) is 5.69 Å². The van der Waals surface area contributed by atoms with Crippen LogP contribution in [0.15, 0.2) is 24.3 Å². The standard InChI is InChI=1S/C18H30N2/c1-5-18(6-2)11-12-20(14-18)17-10-8-7-9-16(17)13-19-15(3)4/h7-10,15,19H,5-6,11-14H2,1-4H3. The van der Waals surface area contributed by atoms with Gasteiger partial charge in [0, 0.05) is 31.4 Å². The Morgan fingerprint density at radius 1 is 1.20 bits per heavy atom. The molecular weight excluding hydrogens is 244 g/mol. The molecule has 112 valence electrons. The van der Waals surface area contributed by atoms with Crippen LogP contribution in [0.3, 0.4) is 0 Å². The maximum absolute atomic E-state index is 3.55. The zero-order valence-electron chi connectivity index (χ0n) is 13.6. The van der Waals surface area contributed by atoms with E-state index in [0.717, 1.165) is 6.54 Å². The zero-order valence-corrected chi connectivity index (χ0v) is 13.6. The van der Waals surface area contributed by atoms with E-state index in [-0.39, 0.29) is 0 Å². The van der Waals surface area contributed by atoms with Crippen molar-refractivity contribution in [3.8, 4) is 0 Å². The quantitative estimate of drug-likeness (QED) is 0.836. The van der Waals surface area contributed by atoms with Crippen LogP contribution in [-0.4, -0.2) is 19.1 Å². The lowest BCUT2D eigenvalue weighted by Gasteiger charge is -2.28. The third-order valence-corrected chi connectivity index (χ3v) is 4.97. The normalized spacial score (nSPS) is 17.9. The van der Waals surface area contributed by atoms with Crippen molar-refractivity contribution >= 4 is 5.69 Å². The Kier molecular flexibility index (Phi) is 5.09. The van der Waals surface area contributed by atoms with Crippen molar-refractivity contribution < 1.29 is 0 Å². The molecule has 2 nitrogen and oxygen atoms in total. The average molecular weight is 274 g/mol. The first-order chi connectivity index (χ1) is 9.60. The van der Waals surface area contributed by atoms with Crippen molar-refractivity contribution in [3.63, 3.8) is 0 Å². The molecular formula is C18H30N2. The number of hydrogen-bond acceptors (Lipinski definition) is 2. The molecule has 0 spiro atoms. The van der Waals surface area contributed by atoms with E-state index < -0.39 is 0 Å². The topological polar surface area (TPSA) is 15.3 Å². The first kappa shape index (κ1) is 15.4. The number of para-hydroxylation sites is 1. The van der Waals surface area contributed by atoms with Crippen molar-refractivity contribution in [1.82, 2.24) is 5.32 Å². The number of benzene rings is 1. The fourth-order valence-electron chi connectivity index (χ4n) is 3.25. The van der Waals surface area contributed by atoms with E-state index in [1.165, 1.54) is 43.6 Å². The third-order valence-electron chi connectivity index (χ3n) is 4.97. The van der Waals surface area contributed by atoms with Crippen LogP contribution in [0.1, 0.15) is 52.5 Å². The highest BCUT2D eigenvalue weighted by Gasteiger charge is 2.35. The summed E-state index contributed by atoms with van der Waals surface area (Å²) in [6.45, 7) is 12.5. The highest BCUT2D eigenvalue weighted by Crippen LogP contribution is 2.39. The molecule has 1 aromatic carbocycles. The molecule has 0 amide bonds. The summed E-state index contributed by atoms with van der Waals surface area (Å²) in [5, 5.41) is 3.55. The Bertz CT molecular complexity index is 421. The minimum atomic E-state index is 0.534. The van der Waals surface area contributed by atoms with Gasteiger partial charge in [0.15, 0.2) is 0 Å². The van der Waals surface area contributed by atoms with Gasteiger partial charge in [-0.1, -0.05) is 45.9 Å². The maximum atomic E-state index is 3.55. The predicted octanol–water partition coefficient (Wildman–Crippen LogP) is 4.20. The molecule has 2 rings (SSSR count). The van der Waals surface area contributed by atoms with Crippen molar-refractivity contribution in [2.45, 2.75) is 59.5 Å². The molecule has 0 aliphatic carbocycles. The van der Waals surface area contributed by atoms with E-state index in [4.69, 9.17) is 0 Å². The van der Waals surface area contributed by atoms with Crippen molar-refractivity contribution in [2.75, 3.05) is 18.0 Å². The molecule has 1 saturated heterocycles. The first-order valence-corrected chi connectivity index (χ1v) is 8.16. The van der Waals surface area contributed by atoms with Gasteiger partial charge in [0.05, 0.1) is 0 Å². The molecule has 0 bridgehead atoms. The molecule has 1 N–H and O–H groups in total. The van der Waals surface area contributed by atoms with Crippen LogP contribution in [0, 0.1) is 5.41 Å². The summed E-state index contributed by atoms with van der Waals surface area (Å²) >= 11 is 0. The Balaban J connectivity index is 2.13. The monoisotopic (exact) mass is 274 g/mol. The van der Waals surface area contributed by atoms with Crippen molar-refractivity contribution in [1.29, 1.82) is 0 Å². The summed E-state index contributed by atoms with van der Waals surface area (Å²) in [5.41, 5.74) is 3.41. The van der Waals surface area contributed by atoms with E-state index in [9.17, 15) is 0 Å². The fraction of sp³-hybridized carbons (Fsp3) is 0.667. The minimum absolute atomic E-state index is 0.534. The molecule has 1 heterocycles. The van der Waals surface area contributed by atoms with Gasteiger partial charge in [-0.05, 0) is 36.3 Å². The molecule has 1 aliphatic heterocycles. The molecule has 0 aromatic heterocycles. The molecule has 1 aliphatic rings. The largest absolute Gasteiger partial charge is 0.371 e. The lowest BCUT2D eigenvalue weighted by Crippen LogP contribution is -2.28. The van der Waals surface area contributed by atoms with E-state index >= 15 is 0 Å². The highest BCUT2D eigenvalue weighted by atomic mass is 15.2. The van der Waals surface area contributed by atoms with E-state index in [1.807, 2.05) is 0 Å². The van der Waals surface area contributed by atoms with Gasteiger partial charge in [-0.15, -0.1) is 0 Å². The first-order valence-electron chi connectivity index (χ1n) is 8.16. The smallest absolute Gasteiger partial charge is 0.0412 e. The Morgan fingerprint density at radius 3 is 2.50 bits per heavy atom. The number of nitrogens with zero attached hydrogens (tertiary/aromatic N) is 1. The minimum Gasteiger partial charge on any atom is -0.371 e. The molecule has 0 atom stereocenters. The molecule has 0 unspecified atom stereocenters. The van der Waals surface area contributed by atoms with Gasteiger partial charge in [0.1, 0.15) is 0 Å². The number of rotatable bonds is 6. The zero-order chi connectivity index (χ0) is 14.6. The number of hydrogen-bond donors (Lipinski definition) is 1. The van der Waals surface area contributed by atoms with Gasteiger partial charge in [-0.25, -0.2) is 0 Å². The second-order valence-corrected chi connectivity index (χ2v) is 6.54. The van der Waals surface area contributed by atoms with Crippen LogP contribution in [-0.2, 0) is 6.54 Å². The van der Waals surface area contributed by atoms with Gasteiger partial charge >= 0.3 is 0 Å². The molecule has 0 radical (unpaired) electrons. The molecule has 1 aromatic rings. The second-order valence-electron chi connectivity index (χ2n) is 6.54. The molecule has 0 saturated carbocycles. The van der Waals surface area contributed by atoms with Crippen LogP contribution in [0.5, 0.6) is 0 Å². The van der Waals surface area contributed by atoms with Crippen molar-refractivity contribution in [2.24, 2.45) is 5.41 Å². The van der Waals surface area contributed by atoms with Gasteiger partial charge in [0.2, 0.25) is 0 Å². The summed E-state index contributed by atoms with van der Waals surface area (Å²) in [5.74, 6) is 0. The summed E-state index contributed by atoms with van der Waals surface area (Å²) < 4.78 is 0. The summed E-state index contributed by atoms with van der Waals surface area (Å²) in [7, 11) is 0. The van der Waals surface area contributed by atoms with Gasteiger partial charge < -0.3 is 10.2 Å². The lowest BCUT2D eigenvalue weighted by molar-refractivity contribution is 0.301. The van der Waals surface area contributed by atoms with Crippen molar-refractivity contribution in [3.05, 3.63) is 29.8 Å². The van der Waals surface area contributed by atoms with E-state index in [2.05, 4.69) is 62.2 Å². The van der Waals surface area contributed by atoms with E-state index in [0.29, 0.717) is 11.5 Å². The van der Waals surface area contributed by atoms with Gasteiger partial charge in [-0.3, -0.25) is 0 Å². The third kappa shape index (κ3) is 3.35. The average Bonchev–Trinajstić information content (AvgIpc) is 2.90. The van der Waals surface area contributed by atoms with Crippen LogP contribution < -0.4 is 10.2 Å². The van der Waals surface area contributed by atoms with Crippen LogP contribution in [0.2, 0.25) is 0 Å². The highest BCUT2D eigenvalue weighted by molar-refractivity contribution is 5.54. The van der Waals surface area contributed by atoms with Crippen LogP contribution >= 0.6 is 0 Å². The number of nitrogens with one attached hydrogen (secondary N) is 1. The summed E-state index contributed by atoms with van der Waals surface area (Å²) in [6.07, 6.45) is 3.94. The molecule has 2 heteroatoms.